The van der Waals surface area contributed by atoms with Crippen molar-refractivity contribution >= 4 is 56.4 Å². The van der Waals surface area contributed by atoms with E-state index >= 15 is 0 Å². The van der Waals surface area contributed by atoms with Crippen molar-refractivity contribution in [1.82, 2.24) is 4.98 Å². The maximum atomic E-state index is 10.1. The van der Waals surface area contributed by atoms with Crippen LogP contribution in [0.2, 0.25) is 0 Å². The molecular weight excluding hydrogens is 475 g/mol. The van der Waals surface area contributed by atoms with Crippen LogP contribution in [0, 0.1) is 3.57 Å². The third kappa shape index (κ3) is 3.49. The van der Waals surface area contributed by atoms with Crippen molar-refractivity contribution in [3.8, 4) is 17.2 Å². The van der Waals surface area contributed by atoms with Gasteiger partial charge in [0, 0.05) is 17.3 Å². The second-order valence-electron chi connectivity index (χ2n) is 6.67. The molecule has 0 bridgehead atoms. The SMILES string of the molecule is Oc1c(I)cccc1C=Nc1ccc2oc(-c3ccc4ccccc4c3)nc2c1. The van der Waals surface area contributed by atoms with Crippen LogP contribution in [0.1, 0.15) is 5.56 Å². The zero-order valence-electron chi connectivity index (χ0n) is 15.2. The van der Waals surface area contributed by atoms with Gasteiger partial charge in [-0.15, -0.1) is 0 Å². The molecule has 0 saturated heterocycles. The van der Waals surface area contributed by atoms with Crippen LogP contribution in [0.15, 0.2) is 88.3 Å². The van der Waals surface area contributed by atoms with Crippen molar-refractivity contribution in [3.63, 3.8) is 0 Å². The number of rotatable bonds is 3. The molecule has 0 atom stereocenters. The Morgan fingerprint density at radius 3 is 2.66 bits per heavy atom. The Labute approximate surface area is 180 Å². The molecule has 0 amide bonds. The molecule has 1 heterocycles. The highest BCUT2D eigenvalue weighted by atomic mass is 127. The zero-order chi connectivity index (χ0) is 19.8. The number of halogens is 1. The lowest BCUT2D eigenvalue weighted by Gasteiger charge is -2.00. The standard InChI is InChI=1S/C24H15IN2O2/c25-20-7-3-6-18(23(20)28)14-26-19-10-11-22-21(13-19)27-24(29-22)17-9-8-15-4-1-2-5-16(15)12-17/h1-14,28H. The number of benzene rings is 4. The molecule has 0 radical (unpaired) electrons. The average molecular weight is 490 g/mol. The van der Waals surface area contributed by atoms with Crippen molar-refractivity contribution in [2.75, 3.05) is 0 Å². The predicted molar refractivity (Wildman–Crippen MR) is 125 cm³/mol. The molecule has 5 rings (SSSR count). The number of aromatic nitrogens is 1. The number of hydrogen-bond donors (Lipinski definition) is 1. The molecule has 5 heteroatoms. The number of phenols is 1. The highest BCUT2D eigenvalue weighted by Crippen LogP contribution is 2.29. The summed E-state index contributed by atoms with van der Waals surface area (Å²) in [6, 6.07) is 25.6. The van der Waals surface area contributed by atoms with Gasteiger partial charge in [0.15, 0.2) is 5.58 Å². The van der Waals surface area contributed by atoms with E-state index in [1.807, 2.05) is 54.6 Å². The minimum Gasteiger partial charge on any atom is -0.506 e. The number of para-hydroxylation sites is 1. The van der Waals surface area contributed by atoms with Gasteiger partial charge >= 0.3 is 0 Å². The van der Waals surface area contributed by atoms with Crippen LogP contribution in [0.3, 0.4) is 0 Å². The molecule has 140 valence electrons. The van der Waals surface area contributed by atoms with Crippen molar-refractivity contribution in [3.05, 3.63) is 88.0 Å². The number of oxazole rings is 1. The molecule has 4 aromatic carbocycles. The summed E-state index contributed by atoms with van der Waals surface area (Å²) >= 11 is 2.10. The van der Waals surface area contributed by atoms with E-state index in [9.17, 15) is 5.11 Å². The lowest BCUT2D eigenvalue weighted by Crippen LogP contribution is -1.84. The maximum absolute atomic E-state index is 10.1. The number of aliphatic imine (C=N–C) groups is 1. The minimum atomic E-state index is 0.234. The van der Waals surface area contributed by atoms with E-state index in [0.717, 1.165) is 25.7 Å². The number of aromatic hydroxyl groups is 1. The largest absolute Gasteiger partial charge is 0.506 e. The fourth-order valence-corrected chi connectivity index (χ4v) is 3.74. The summed E-state index contributed by atoms with van der Waals surface area (Å²) in [6.45, 7) is 0. The van der Waals surface area contributed by atoms with Crippen molar-refractivity contribution in [2.45, 2.75) is 0 Å². The molecule has 0 spiro atoms. The van der Waals surface area contributed by atoms with Gasteiger partial charge in [0.25, 0.3) is 0 Å². The van der Waals surface area contributed by atoms with Gasteiger partial charge in [-0.3, -0.25) is 4.99 Å². The Balaban J connectivity index is 1.49. The number of hydrogen-bond acceptors (Lipinski definition) is 4. The van der Waals surface area contributed by atoms with Crippen LogP contribution in [-0.2, 0) is 0 Å². The zero-order valence-corrected chi connectivity index (χ0v) is 17.4. The van der Waals surface area contributed by atoms with E-state index in [4.69, 9.17) is 4.42 Å². The molecule has 0 saturated carbocycles. The van der Waals surface area contributed by atoms with E-state index in [-0.39, 0.29) is 5.75 Å². The van der Waals surface area contributed by atoms with E-state index in [1.165, 1.54) is 5.39 Å². The Kier molecular flexibility index (Phi) is 4.52. The second-order valence-corrected chi connectivity index (χ2v) is 7.83. The lowest BCUT2D eigenvalue weighted by molar-refractivity contribution is 0.470. The predicted octanol–water partition coefficient (Wildman–Crippen LogP) is 6.71. The molecule has 0 aliphatic rings. The fourth-order valence-electron chi connectivity index (χ4n) is 3.22. The third-order valence-corrected chi connectivity index (χ3v) is 5.61. The topological polar surface area (TPSA) is 58.6 Å². The highest BCUT2D eigenvalue weighted by Gasteiger charge is 2.09. The first kappa shape index (κ1) is 17.9. The molecule has 0 aliphatic heterocycles. The van der Waals surface area contributed by atoms with Crippen LogP contribution in [-0.4, -0.2) is 16.3 Å². The van der Waals surface area contributed by atoms with Gasteiger partial charge in [-0.25, -0.2) is 4.98 Å². The Hall–Kier alpha value is -3.19. The van der Waals surface area contributed by atoms with E-state index < -0.39 is 0 Å². The Bertz CT molecular complexity index is 1390. The monoisotopic (exact) mass is 490 g/mol. The fraction of sp³-hybridized carbons (Fsp3) is 0. The summed E-state index contributed by atoms with van der Waals surface area (Å²) in [5.74, 6) is 0.820. The van der Waals surface area contributed by atoms with E-state index in [1.54, 1.807) is 6.21 Å². The smallest absolute Gasteiger partial charge is 0.227 e. The molecule has 4 nitrogen and oxygen atoms in total. The van der Waals surface area contributed by atoms with Crippen LogP contribution >= 0.6 is 22.6 Å². The second kappa shape index (κ2) is 7.33. The first-order chi connectivity index (χ1) is 14.2. The molecule has 29 heavy (non-hydrogen) atoms. The van der Waals surface area contributed by atoms with Gasteiger partial charge in [-0.2, -0.15) is 0 Å². The molecule has 0 aliphatic carbocycles. The summed E-state index contributed by atoms with van der Waals surface area (Å²) in [5, 5.41) is 12.5. The summed E-state index contributed by atoms with van der Waals surface area (Å²) in [5.41, 5.74) is 3.82. The van der Waals surface area contributed by atoms with Crippen molar-refractivity contribution in [2.24, 2.45) is 4.99 Å². The van der Waals surface area contributed by atoms with Gasteiger partial charge in [0.05, 0.1) is 9.26 Å². The van der Waals surface area contributed by atoms with Crippen LogP contribution < -0.4 is 0 Å². The van der Waals surface area contributed by atoms with Crippen LogP contribution in [0.4, 0.5) is 5.69 Å². The average Bonchev–Trinajstić information content (AvgIpc) is 3.18. The Morgan fingerprint density at radius 1 is 0.897 bits per heavy atom. The van der Waals surface area contributed by atoms with Gasteiger partial charge in [0.2, 0.25) is 5.89 Å². The van der Waals surface area contributed by atoms with Gasteiger partial charge < -0.3 is 9.52 Å². The van der Waals surface area contributed by atoms with Gasteiger partial charge in [-0.05, 0) is 75.8 Å². The normalized spacial score (nSPS) is 11.6. The summed E-state index contributed by atoms with van der Waals surface area (Å²) in [4.78, 5) is 9.13. The third-order valence-electron chi connectivity index (χ3n) is 4.74. The molecule has 0 unspecified atom stereocenters. The van der Waals surface area contributed by atoms with Crippen molar-refractivity contribution < 1.29 is 9.52 Å². The van der Waals surface area contributed by atoms with E-state index in [2.05, 4.69) is 56.8 Å². The molecule has 0 fully saturated rings. The summed E-state index contributed by atoms with van der Waals surface area (Å²) in [7, 11) is 0. The molecule has 1 N–H and O–H groups in total. The summed E-state index contributed by atoms with van der Waals surface area (Å²) < 4.78 is 6.74. The first-order valence-electron chi connectivity index (χ1n) is 9.09. The Morgan fingerprint density at radius 2 is 1.76 bits per heavy atom. The molecule has 1 aromatic heterocycles. The van der Waals surface area contributed by atoms with Crippen LogP contribution in [0.5, 0.6) is 5.75 Å². The van der Waals surface area contributed by atoms with Gasteiger partial charge in [-0.1, -0.05) is 36.4 Å². The maximum Gasteiger partial charge on any atom is 0.227 e. The number of nitrogens with zero attached hydrogens (tertiary/aromatic N) is 2. The molecule has 5 aromatic rings. The first-order valence-corrected chi connectivity index (χ1v) is 10.2. The molecular formula is C24H15IN2O2. The lowest BCUT2D eigenvalue weighted by atomic mass is 10.1. The van der Waals surface area contributed by atoms with Gasteiger partial charge in [0.1, 0.15) is 11.3 Å². The number of fused-ring (bicyclic) bond motifs is 2. The van der Waals surface area contributed by atoms with E-state index in [0.29, 0.717) is 17.0 Å². The van der Waals surface area contributed by atoms with Crippen molar-refractivity contribution in [1.29, 1.82) is 0 Å². The number of phenolic OH excluding ortho intramolecular Hbond substituents is 1. The highest BCUT2D eigenvalue weighted by molar-refractivity contribution is 14.1. The summed E-state index contributed by atoms with van der Waals surface area (Å²) in [6.07, 6.45) is 1.66. The quantitative estimate of drug-likeness (QED) is 0.226. The minimum absolute atomic E-state index is 0.234. The van der Waals surface area contributed by atoms with Crippen LogP contribution in [0.25, 0.3) is 33.3 Å².